The van der Waals surface area contributed by atoms with Crippen LogP contribution >= 0.6 is 11.8 Å². The molecular weight excluding hydrogens is 367 g/mol. The van der Waals surface area contributed by atoms with E-state index in [0.29, 0.717) is 25.3 Å². The summed E-state index contributed by atoms with van der Waals surface area (Å²) >= 11 is -0.156. The van der Waals surface area contributed by atoms with Gasteiger partial charge >= 0.3 is 5.51 Å². The van der Waals surface area contributed by atoms with E-state index in [1.807, 2.05) is 0 Å². The minimum atomic E-state index is -4.30. The van der Waals surface area contributed by atoms with E-state index in [1.54, 1.807) is 23.1 Å². The molecule has 4 nitrogen and oxygen atoms in total. The molecule has 0 aromatic heterocycles. The van der Waals surface area contributed by atoms with Crippen molar-refractivity contribution in [1.29, 1.82) is 0 Å². The number of alkyl halides is 3. The summed E-state index contributed by atoms with van der Waals surface area (Å²) in [6.07, 6.45) is 5.51. The number of likely N-dealkylation sites (tertiary alicyclic amines) is 1. The van der Waals surface area contributed by atoms with Gasteiger partial charge in [-0.15, -0.1) is 0 Å². The van der Waals surface area contributed by atoms with Crippen molar-refractivity contribution >= 4 is 23.7 Å². The molecule has 0 aliphatic carbocycles. The van der Waals surface area contributed by atoms with E-state index >= 15 is 0 Å². The van der Waals surface area contributed by atoms with Gasteiger partial charge in [-0.2, -0.15) is 13.2 Å². The van der Waals surface area contributed by atoms with Crippen molar-refractivity contribution in [3.05, 3.63) is 35.9 Å². The molecule has 2 fully saturated rings. The summed E-state index contributed by atoms with van der Waals surface area (Å²) in [7, 11) is 0. The van der Waals surface area contributed by atoms with Crippen LogP contribution in [0.15, 0.2) is 35.2 Å². The Hall–Kier alpha value is -1.51. The Bertz CT molecular complexity index is 642. The zero-order chi connectivity index (χ0) is 18.6. The molecule has 0 saturated carbocycles. The topological polar surface area (TPSA) is 38.8 Å². The number of amides is 1. The fourth-order valence-electron chi connectivity index (χ4n) is 3.16. The molecule has 0 bridgehead atoms. The summed E-state index contributed by atoms with van der Waals surface area (Å²) in [6.45, 7) is 1.74. The molecule has 0 radical (unpaired) electrons. The van der Waals surface area contributed by atoms with Crippen molar-refractivity contribution in [3.63, 3.8) is 0 Å². The van der Waals surface area contributed by atoms with Crippen LogP contribution in [0, 0.1) is 0 Å². The average molecular weight is 387 g/mol. The van der Waals surface area contributed by atoms with Gasteiger partial charge in [0.25, 0.3) is 0 Å². The number of halogens is 3. The van der Waals surface area contributed by atoms with E-state index in [1.165, 1.54) is 18.2 Å². The molecule has 142 valence electrons. The van der Waals surface area contributed by atoms with Gasteiger partial charge < -0.3 is 14.4 Å². The third kappa shape index (κ3) is 5.25. The Morgan fingerprint density at radius 2 is 1.85 bits per heavy atom. The van der Waals surface area contributed by atoms with Gasteiger partial charge in [0.2, 0.25) is 5.91 Å². The molecule has 0 spiro atoms. The first-order valence-electron chi connectivity index (χ1n) is 8.50. The Kier molecular flexibility index (Phi) is 6.26. The van der Waals surface area contributed by atoms with Crippen LogP contribution in [-0.4, -0.2) is 48.4 Å². The number of carbonyl (C=O) groups is 1. The Labute approximate surface area is 154 Å². The zero-order valence-electron chi connectivity index (χ0n) is 14.1. The first-order chi connectivity index (χ1) is 12.4. The summed E-state index contributed by atoms with van der Waals surface area (Å²) in [6, 6.07) is 5.83. The molecule has 2 aliphatic rings. The molecule has 26 heavy (non-hydrogen) atoms. The monoisotopic (exact) mass is 387 g/mol. The largest absolute Gasteiger partial charge is 0.446 e. The van der Waals surface area contributed by atoms with E-state index in [-0.39, 0.29) is 34.9 Å². The Morgan fingerprint density at radius 1 is 1.15 bits per heavy atom. The number of rotatable bonds is 4. The van der Waals surface area contributed by atoms with Crippen LogP contribution in [0.1, 0.15) is 24.8 Å². The molecule has 1 aromatic carbocycles. The lowest BCUT2D eigenvalue weighted by Crippen LogP contribution is -2.49. The SMILES string of the molecule is O=C(/C=C/c1ccc(SC(F)(F)F)cc1)N1CCCCC1C1OCCO1. The van der Waals surface area contributed by atoms with E-state index in [2.05, 4.69) is 0 Å². The van der Waals surface area contributed by atoms with E-state index in [4.69, 9.17) is 9.47 Å². The average Bonchev–Trinajstić information content (AvgIpc) is 3.14. The first-order valence-corrected chi connectivity index (χ1v) is 9.32. The molecule has 1 aromatic rings. The number of carbonyl (C=O) groups excluding carboxylic acids is 1. The third-order valence-corrected chi connectivity index (χ3v) is 5.07. The highest BCUT2D eigenvalue weighted by atomic mass is 32.2. The van der Waals surface area contributed by atoms with Crippen LogP contribution < -0.4 is 0 Å². The molecule has 3 rings (SSSR count). The molecule has 8 heteroatoms. The first kappa shape index (κ1) is 19.3. The summed E-state index contributed by atoms with van der Waals surface area (Å²) in [4.78, 5) is 14.5. The Balaban J connectivity index is 1.62. The fraction of sp³-hybridized carbons (Fsp3) is 0.500. The fourth-order valence-corrected chi connectivity index (χ4v) is 3.70. The maximum absolute atomic E-state index is 12.6. The molecule has 2 heterocycles. The summed E-state index contributed by atoms with van der Waals surface area (Å²) in [5, 5.41) is 0. The van der Waals surface area contributed by atoms with Gasteiger partial charge in [-0.05, 0) is 54.8 Å². The van der Waals surface area contributed by atoms with Crippen LogP contribution in [0.25, 0.3) is 6.08 Å². The standard InChI is InChI=1S/C18H20F3NO3S/c19-18(20,21)26-14-7-4-13(5-8-14)6-9-16(23)22-10-2-1-3-15(22)17-24-11-12-25-17/h4-9,15,17H,1-3,10-12H2/b9-6+. The van der Waals surface area contributed by atoms with Gasteiger partial charge in [0.1, 0.15) is 0 Å². The number of thioether (sulfide) groups is 1. The lowest BCUT2D eigenvalue weighted by molar-refractivity contribution is -0.145. The molecule has 1 atom stereocenters. The van der Waals surface area contributed by atoms with Crippen molar-refractivity contribution < 1.29 is 27.4 Å². The highest BCUT2D eigenvalue weighted by Crippen LogP contribution is 2.36. The molecule has 0 N–H and O–H groups in total. The summed E-state index contributed by atoms with van der Waals surface area (Å²) in [5.41, 5.74) is -3.63. The number of hydrogen-bond acceptors (Lipinski definition) is 4. The van der Waals surface area contributed by atoms with Crippen molar-refractivity contribution in [2.24, 2.45) is 0 Å². The molecular formula is C18H20F3NO3S. The minimum absolute atomic E-state index is 0.0889. The molecule has 2 aliphatic heterocycles. The zero-order valence-corrected chi connectivity index (χ0v) is 14.9. The van der Waals surface area contributed by atoms with Gasteiger partial charge in [0, 0.05) is 17.5 Å². The second-order valence-corrected chi connectivity index (χ2v) is 7.29. The van der Waals surface area contributed by atoms with E-state index < -0.39 is 5.51 Å². The summed E-state index contributed by atoms with van der Waals surface area (Å²) in [5.74, 6) is -0.137. The van der Waals surface area contributed by atoms with Crippen LogP contribution in [0.3, 0.4) is 0 Å². The van der Waals surface area contributed by atoms with Gasteiger partial charge in [0.15, 0.2) is 6.29 Å². The van der Waals surface area contributed by atoms with Gasteiger partial charge in [-0.25, -0.2) is 0 Å². The Morgan fingerprint density at radius 3 is 2.50 bits per heavy atom. The smallest absolute Gasteiger partial charge is 0.348 e. The number of hydrogen-bond donors (Lipinski definition) is 0. The lowest BCUT2D eigenvalue weighted by atomic mass is 10.0. The molecule has 1 amide bonds. The second kappa shape index (κ2) is 8.45. The highest BCUT2D eigenvalue weighted by molar-refractivity contribution is 8.00. The van der Waals surface area contributed by atoms with Gasteiger partial charge in [0.05, 0.1) is 19.3 Å². The van der Waals surface area contributed by atoms with Gasteiger partial charge in [-0.3, -0.25) is 4.79 Å². The van der Waals surface area contributed by atoms with Crippen LogP contribution in [0.4, 0.5) is 13.2 Å². The van der Waals surface area contributed by atoms with Crippen molar-refractivity contribution in [2.75, 3.05) is 19.8 Å². The summed E-state index contributed by atoms with van der Waals surface area (Å²) < 4.78 is 48.1. The predicted octanol–water partition coefficient (Wildman–Crippen LogP) is 4.07. The van der Waals surface area contributed by atoms with Gasteiger partial charge in [-0.1, -0.05) is 12.1 Å². The van der Waals surface area contributed by atoms with E-state index in [9.17, 15) is 18.0 Å². The number of piperidine rings is 1. The number of benzene rings is 1. The minimum Gasteiger partial charge on any atom is -0.348 e. The number of nitrogens with zero attached hydrogens (tertiary/aromatic N) is 1. The predicted molar refractivity (Wildman–Crippen MR) is 92.4 cm³/mol. The van der Waals surface area contributed by atoms with Crippen LogP contribution in [-0.2, 0) is 14.3 Å². The van der Waals surface area contributed by atoms with Crippen molar-refractivity contribution in [2.45, 2.75) is 42.0 Å². The second-order valence-electron chi connectivity index (χ2n) is 6.15. The lowest BCUT2D eigenvalue weighted by Gasteiger charge is -2.37. The van der Waals surface area contributed by atoms with E-state index in [0.717, 1.165) is 19.3 Å². The van der Waals surface area contributed by atoms with Crippen LogP contribution in [0.2, 0.25) is 0 Å². The third-order valence-electron chi connectivity index (χ3n) is 4.33. The number of ether oxygens (including phenoxy) is 2. The maximum Gasteiger partial charge on any atom is 0.446 e. The maximum atomic E-state index is 12.6. The molecule has 2 saturated heterocycles. The molecule has 1 unspecified atom stereocenters. The highest BCUT2D eigenvalue weighted by Gasteiger charge is 2.35. The quantitative estimate of drug-likeness (QED) is 0.577. The van der Waals surface area contributed by atoms with Crippen molar-refractivity contribution in [1.82, 2.24) is 4.90 Å². The van der Waals surface area contributed by atoms with Crippen molar-refractivity contribution in [3.8, 4) is 0 Å². The normalized spacial score (nSPS) is 22.3. The van der Waals surface area contributed by atoms with Crippen LogP contribution in [0.5, 0.6) is 0 Å².